The lowest BCUT2D eigenvalue weighted by Gasteiger charge is -2.22. The molecule has 3 atom stereocenters. The Balaban J connectivity index is 0.00000240. The average molecular weight is 509 g/mol. The van der Waals surface area contributed by atoms with Gasteiger partial charge in [-0.15, -0.1) is 24.0 Å². The third-order valence-corrected chi connectivity index (χ3v) is 5.66. The van der Waals surface area contributed by atoms with Gasteiger partial charge in [0.05, 0.1) is 18.2 Å². The molecule has 4 rings (SSSR count). The van der Waals surface area contributed by atoms with Crippen molar-refractivity contribution in [2.24, 2.45) is 4.99 Å². The van der Waals surface area contributed by atoms with Gasteiger partial charge in [-0.3, -0.25) is 0 Å². The van der Waals surface area contributed by atoms with Crippen LogP contribution < -0.4 is 10.6 Å². The molecular weight excluding hydrogens is 477 g/mol. The van der Waals surface area contributed by atoms with E-state index >= 15 is 0 Å². The number of nitrogens with zero attached hydrogens (tertiary/aromatic N) is 3. The second kappa shape index (κ2) is 11.0. The lowest BCUT2D eigenvalue weighted by Crippen LogP contribution is -2.47. The van der Waals surface area contributed by atoms with E-state index in [0.29, 0.717) is 24.8 Å². The molecule has 0 amide bonds. The Morgan fingerprint density at radius 2 is 2.14 bits per heavy atom. The van der Waals surface area contributed by atoms with Crippen LogP contribution in [0.3, 0.4) is 0 Å². The number of halogens is 1. The number of hydrogen-bond donors (Lipinski definition) is 2. The van der Waals surface area contributed by atoms with Gasteiger partial charge in [0, 0.05) is 25.5 Å². The molecule has 2 bridgehead atoms. The van der Waals surface area contributed by atoms with Gasteiger partial charge in [-0.05, 0) is 44.6 Å². The number of aliphatic imine (C=N–C) groups is 1. The molecule has 0 aliphatic carbocycles. The van der Waals surface area contributed by atoms with Gasteiger partial charge in [-0.1, -0.05) is 30.3 Å². The maximum absolute atomic E-state index is 5.95. The molecule has 158 valence electrons. The summed E-state index contributed by atoms with van der Waals surface area (Å²) in [6, 6.07) is 11.0. The lowest BCUT2D eigenvalue weighted by atomic mass is 9.96. The Bertz CT molecular complexity index is 779. The number of ether oxygens (including phenoxy) is 1. The molecular formula is C22H32IN5O. The third-order valence-electron chi connectivity index (χ3n) is 5.66. The lowest BCUT2D eigenvalue weighted by molar-refractivity contribution is 0.0992. The maximum Gasteiger partial charge on any atom is 0.192 e. The first-order valence-corrected chi connectivity index (χ1v) is 10.6. The Hall–Kier alpha value is -1.61. The summed E-state index contributed by atoms with van der Waals surface area (Å²) in [6.07, 6.45) is 10.3. The molecule has 3 heterocycles. The molecule has 2 aromatic rings. The van der Waals surface area contributed by atoms with Crippen molar-refractivity contribution >= 4 is 29.9 Å². The third kappa shape index (κ3) is 5.94. The van der Waals surface area contributed by atoms with E-state index in [1.807, 2.05) is 6.20 Å². The molecule has 1 aromatic heterocycles. The van der Waals surface area contributed by atoms with Crippen molar-refractivity contribution in [2.75, 3.05) is 6.54 Å². The second-order valence-electron chi connectivity index (χ2n) is 7.68. The number of aryl methyl sites for hydroxylation is 2. The SMILES string of the molecule is CCNC(=NCc1nccn1CCCc1ccccc1)NC1CC2CCC1O2.I. The Morgan fingerprint density at radius 1 is 1.28 bits per heavy atom. The smallest absolute Gasteiger partial charge is 0.192 e. The molecule has 1 aromatic carbocycles. The zero-order chi connectivity index (χ0) is 19.2. The van der Waals surface area contributed by atoms with Gasteiger partial charge < -0.3 is 19.9 Å². The van der Waals surface area contributed by atoms with Crippen LogP contribution in [0.5, 0.6) is 0 Å². The summed E-state index contributed by atoms with van der Waals surface area (Å²) < 4.78 is 8.17. The molecule has 3 unspecified atom stereocenters. The Labute approximate surface area is 190 Å². The van der Waals surface area contributed by atoms with Gasteiger partial charge >= 0.3 is 0 Å². The minimum Gasteiger partial charge on any atom is -0.373 e. The summed E-state index contributed by atoms with van der Waals surface area (Å²) in [5.74, 6) is 1.87. The van der Waals surface area contributed by atoms with Crippen molar-refractivity contribution in [1.82, 2.24) is 20.2 Å². The van der Waals surface area contributed by atoms with Crippen molar-refractivity contribution in [3.8, 4) is 0 Å². The molecule has 7 heteroatoms. The van der Waals surface area contributed by atoms with Crippen LogP contribution in [0, 0.1) is 0 Å². The van der Waals surface area contributed by atoms with Crippen LogP contribution >= 0.6 is 24.0 Å². The van der Waals surface area contributed by atoms with Gasteiger partial charge in [-0.25, -0.2) is 9.98 Å². The molecule has 2 N–H and O–H groups in total. The fraction of sp³-hybridized carbons (Fsp3) is 0.545. The van der Waals surface area contributed by atoms with Gasteiger partial charge in [0.15, 0.2) is 5.96 Å². The topological polar surface area (TPSA) is 63.5 Å². The van der Waals surface area contributed by atoms with Crippen molar-refractivity contribution < 1.29 is 4.74 Å². The predicted octanol–water partition coefficient (Wildman–Crippen LogP) is 3.51. The van der Waals surface area contributed by atoms with Gasteiger partial charge in [0.25, 0.3) is 0 Å². The number of rotatable bonds is 8. The highest BCUT2D eigenvalue weighted by atomic mass is 127. The number of guanidine groups is 1. The molecule has 2 saturated heterocycles. The van der Waals surface area contributed by atoms with E-state index < -0.39 is 0 Å². The molecule has 2 aliphatic rings. The van der Waals surface area contributed by atoms with E-state index in [1.54, 1.807) is 0 Å². The number of hydrogen-bond acceptors (Lipinski definition) is 3. The first kappa shape index (κ1) is 22.1. The molecule has 0 radical (unpaired) electrons. The zero-order valence-electron chi connectivity index (χ0n) is 17.1. The molecule has 0 spiro atoms. The predicted molar refractivity (Wildman–Crippen MR) is 127 cm³/mol. The van der Waals surface area contributed by atoms with Crippen molar-refractivity contribution in [3.05, 3.63) is 54.1 Å². The molecule has 6 nitrogen and oxygen atoms in total. The van der Waals surface area contributed by atoms with Gasteiger partial charge in [0.2, 0.25) is 0 Å². The molecule has 29 heavy (non-hydrogen) atoms. The fourth-order valence-corrected chi connectivity index (χ4v) is 4.23. The highest BCUT2D eigenvalue weighted by Crippen LogP contribution is 2.34. The summed E-state index contributed by atoms with van der Waals surface area (Å²) in [4.78, 5) is 9.30. The van der Waals surface area contributed by atoms with E-state index in [-0.39, 0.29) is 24.0 Å². The van der Waals surface area contributed by atoms with E-state index in [1.165, 1.54) is 12.0 Å². The molecule has 2 fully saturated rings. The van der Waals surface area contributed by atoms with Crippen LogP contribution in [0.2, 0.25) is 0 Å². The first-order chi connectivity index (χ1) is 13.8. The van der Waals surface area contributed by atoms with Gasteiger partial charge in [-0.2, -0.15) is 0 Å². The van der Waals surface area contributed by atoms with Crippen LogP contribution in [0.1, 0.15) is 44.0 Å². The van der Waals surface area contributed by atoms with Crippen molar-refractivity contribution in [1.29, 1.82) is 0 Å². The number of nitrogens with one attached hydrogen (secondary N) is 2. The van der Waals surface area contributed by atoms with Crippen LogP contribution in [0.25, 0.3) is 0 Å². The summed E-state index contributed by atoms with van der Waals surface area (Å²) in [5.41, 5.74) is 1.38. The van der Waals surface area contributed by atoms with Crippen LogP contribution in [-0.2, 0) is 24.2 Å². The monoisotopic (exact) mass is 509 g/mol. The first-order valence-electron chi connectivity index (χ1n) is 10.6. The zero-order valence-corrected chi connectivity index (χ0v) is 19.4. The van der Waals surface area contributed by atoms with Crippen LogP contribution in [-0.4, -0.2) is 40.3 Å². The standard InChI is InChI=1S/C22H31N5O.HI/c1-2-23-22(26-19-15-18-10-11-20(19)28-18)25-16-21-24-12-14-27(21)13-6-9-17-7-4-3-5-8-17;/h3-5,7-8,12,14,18-20H,2,6,9-11,13,15-16H2,1H3,(H2,23,25,26);1H. The number of aromatic nitrogens is 2. The molecule has 2 aliphatic heterocycles. The van der Waals surface area contributed by atoms with Crippen molar-refractivity contribution in [2.45, 2.75) is 70.4 Å². The molecule has 0 saturated carbocycles. The summed E-state index contributed by atoms with van der Waals surface area (Å²) in [6.45, 7) is 4.48. The van der Waals surface area contributed by atoms with E-state index in [2.05, 4.69) is 63.6 Å². The normalized spacial score (nSPS) is 23.1. The summed E-state index contributed by atoms with van der Waals surface area (Å²) in [5, 5.41) is 6.93. The average Bonchev–Trinajstić information content (AvgIpc) is 3.44. The highest BCUT2D eigenvalue weighted by Gasteiger charge is 2.41. The van der Waals surface area contributed by atoms with E-state index in [0.717, 1.165) is 50.6 Å². The van der Waals surface area contributed by atoms with E-state index in [9.17, 15) is 0 Å². The quantitative estimate of drug-likeness (QED) is 0.325. The van der Waals surface area contributed by atoms with Crippen molar-refractivity contribution in [3.63, 3.8) is 0 Å². The van der Waals surface area contributed by atoms with Crippen LogP contribution in [0.15, 0.2) is 47.7 Å². The Kier molecular flexibility index (Phi) is 8.35. The number of imidazole rings is 1. The minimum atomic E-state index is 0. The number of benzene rings is 1. The largest absolute Gasteiger partial charge is 0.373 e. The van der Waals surface area contributed by atoms with Gasteiger partial charge in [0.1, 0.15) is 12.4 Å². The highest BCUT2D eigenvalue weighted by molar-refractivity contribution is 14.0. The van der Waals surface area contributed by atoms with E-state index in [4.69, 9.17) is 9.73 Å². The number of fused-ring (bicyclic) bond motifs is 2. The summed E-state index contributed by atoms with van der Waals surface area (Å²) >= 11 is 0. The Morgan fingerprint density at radius 3 is 2.86 bits per heavy atom. The second-order valence-corrected chi connectivity index (χ2v) is 7.68. The summed E-state index contributed by atoms with van der Waals surface area (Å²) in [7, 11) is 0. The minimum absolute atomic E-state index is 0. The maximum atomic E-state index is 5.95. The fourth-order valence-electron chi connectivity index (χ4n) is 4.23. The van der Waals surface area contributed by atoms with Crippen LogP contribution in [0.4, 0.5) is 0 Å².